The number of nitrogens with one attached hydrogen (secondary N) is 2. The zero-order valence-corrected chi connectivity index (χ0v) is 18.8. The molecule has 33 heavy (non-hydrogen) atoms. The molecule has 1 aliphatic rings. The number of piperidine rings is 1. The van der Waals surface area contributed by atoms with Crippen molar-refractivity contribution in [3.63, 3.8) is 0 Å². The Morgan fingerprint density at radius 2 is 1.73 bits per heavy atom. The summed E-state index contributed by atoms with van der Waals surface area (Å²) >= 11 is 0. The van der Waals surface area contributed by atoms with Gasteiger partial charge in [0.25, 0.3) is 0 Å². The highest BCUT2D eigenvalue weighted by molar-refractivity contribution is 5.97. The van der Waals surface area contributed by atoms with Crippen molar-refractivity contribution in [1.82, 2.24) is 30.1 Å². The van der Waals surface area contributed by atoms with Gasteiger partial charge < -0.3 is 14.8 Å². The van der Waals surface area contributed by atoms with Crippen LogP contribution in [0, 0.1) is 0 Å². The van der Waals surface area contributed by atoms with Crippen LogP contribution in [0.4, 0.5) is 11.4 Å². The third-order valence-corrected chi connectivity index (χ3v) is 6.43. The highest BCUT2D eigenvalue weighted by Crippen LogP contribution is 2.33. The molecule has 1 aliphatic heterocycles. The van der Waals surface area contributed by atoms with E-state index in [1.807, 2.05) is 38.9 Å². The van der Waals surface area contributed by atoms with Gasteiger partial charge in [-0.2, -0.15) is 5.10 Å². The van der Waals surface area contributed by atoms with Gasteiger partial charge in [0.05, 0.1) is 41.0 Å². The standard InChI is InChI=1S/C25H26N8/c1-32(2)18-10-17(12-26-13-18)16-6-7-20-19(11-16)23(31-30-20)25-28-21-14-27-15-22(24(21)29-25)33-8-4-3-5-9-33/h6-7,10-15H,3-5,8-9H2,1-2H3,(H,28,29)(H,30,31). The summed E-state index contributed by atoms with van der Waals surface area (Å²) in [6, 6.07) is 8.46. The van der Waals surface area contributed by atoms with Gasteiger partial charge in [-0.3, -0.25) is 15.1 Å². The van der Waals surface area contributed by atoms with Crippen LogP contribution in [0.15, 0.2) is 49.1 Å². The van der Waals surface area contributed by atoms with Crippen molar-refractivity contribution in [2.75, 3.05) is 37.0 Å². The molecule has 0 amide bonds. The van der Waals surface area contributed by atoms with Crippen molar-refractivity contribution in [2.24, 2.45) is 0 Å². The van der Waals surface area contributed by atoms with E-state index in [-0.39, 0.29) is 0 Å². The van der Waals surface area contributed by atoms with E-state index in [9.17, 15) is 0 Å². The van der Waals surface area contributed by atoms with Crippen LogP contribution in [-0.2, 0) is 0 Å². The summed E-state index contributed by atoms with van der Waals surface area (Å²) < 4.78 is 0. The number of rotatable bonds is 4. The van der Waals surface area contributed by atoms with Crippen LogP contribution < -0.4 is 9.80 Å². The molecular weight excluding hydrogens is 412 g/mol. The molecule has 0 atom stereocenters. The Bertz CT molecular complexity index is 1440. The average molecular weight is 439 g/mol. The van der Waals surface area contributed by atoms with Gasteiger partial charge in [0.1, 0.15) is 11.2 Å². The first-order valence-electron chi connectivity index (χ1n) is 11.4. The van der Waals surface area contributed by atoms with Gasteiger partial charge in [0.15, 0.2) is 5.82 Å². The molecule has 0 aliphatic carbocycles. The minimum Gasteiger partial charge on any atom is -0.376 e. The molecular formula is C25H26N8. The summed E-state index contributed by atoms with van der Waals surface area (Å²) in [5, 5.41) is 8.79. The van der Waals surface area contributed by atoms with Gasteiger partial charge in [-0.15, -0.1) is 0 Å². The molecule has 4 aromatic heterocycles. The number of hydrogen-bond donors (Lipinski definition) is 2. The third kappa shape index (κ3) is 3.47. The highest BCUT2D eigenvalue weighted by atomic mass is 15.2. The van der Waals surface area contributed by atoms with Crippen molar-refractivity contribution >= 4 is 33.3 Å². The number of nitrogens with zero attached hydrogens (tertiary/aromatic N) is 6. The van der Waals surface area contributed by atoms with E-state index in [4.69, 9.17) is 4.98 Å². The second kappa shape index (κ2) is 7.88. The molecule has 0 radical (unpaired) electrons. The molecule has 0 unspecified atom stereocenters. The Kier molecular flexibility index (Phi) is 4.71. The maximum Gasteiger partial charge on any atom is 0.159 e. The molecule has 1 fully saturated rings. The van der Waals surface area contributed by atoms with Gasteiger partial charge >= 0.3 is 0 Å². The number of hydrogen-bond acceptors (Lipinski definition) is 6. The predicted molar refractivity (Wildman–Crippen MR) is 133 cm³/mol. The number of H-pyrrole nitrogens is 2. The second-order valence-corrected chi connectivity index (χ2v) is 8.85. The van der Waals surface area contributed by atoms with Crippen LogP contribution in [0.2, 0.25) is 0 Å². The molecule has 1 aromatic carbocycles. The van der Waals surface area contributed by atoms with Crippen molar-refractivity contribution in [1.29, 1.82) is 0 Å². The molecule has 2 N–H and O–H groups in total. The lowest BCUT2D eigenvalue weighted by atomic mass is 10.0. The summed E-state index contributed by atoms with van der Waals surface area (Å²) in [5.74, 6) is 0.750. The minimum absolute atomic E-state index is 0.750. The molecule has 5 aromatic rings. The molecule has 0 saturated carbocycles. The predicted octanol–water partition coefficient (Wildman–Crippen LogP) is 4.62. The van der Waals surface area contributed by atoms with Gasteiger partial charge in [-0.25, -0.2) is 4.98 Å². The summed E-state index contributed by atoms with van der Waals surface area (Å²) in [7, 11) is 4.04. The lowest BCUT2D eigenvalue weighted by molar-refractivity contribution is 0.578. The topological polar surface area (TPSA) is 89.6 Å². The number of fused-ring (bicyclic) bond motifs is 2. The number of anilines is 2. The Balaban J connectivity index is 1.44. The second-order valence-electron chi connectivity index (χ2n) is 8.85. The quantitative estimate of drug-likeness (QED) is 0.426. The Labute approximate surface area is 191 Å². The highest BCUT2D eigenvalue weighted by Gasteiger charge is 2.19. The summed E-state index contributed by atoms with van der Waals surface area (Å²) in [4.78, 5) is 21.8. The average Bonchev–Trinajstić information content (AvgIpc) is 3.48. The zero-order chi connectivity index (χ0) is 22.4. The molecule has 8 nitrogen and oxygen atoms in total. The van der Waals surface area contributed by atoms with Gasteiger partial charge in [-0.05, 0) is 43.0 Å². The van der Waals surface area contributed by atoms with Crippen LogP contribution >= 0.6 is 0 Å². The molecule has 5 heterocycles. The molecule has 8 heteroatoms. The minimum atomic E-state index is 0.750. The van der Waals surface area contributed by atoms with Crippen LogP contribution in [-0.4, -0.2) is 57.3 Å². The number of imidazole rings is 1. The van der Waals surface area contributed by atoms with Gasteiger partial charge in [0.2, 0.25) is 0 Å². The number of benzene rings is 1. The first-order valence-corrected chi connectivity index (χ1v) is 11.4. The SMILES string of the molecule is CN(C)c1cncc(-c2ccc3[nH]nc(-c4nc5c(N6CCCCC6)cncc5[nH]4)c3c2)c1. The van der Waals surface area contributed by atoms with Crippen LogP contribution in [0.3, 0.4) is 0 Å². The Hall–Kier alpha value is -3.94. The fraction of sp³-hybridized carbons (Fsp3) is 0.280. The molecule has 166 valence electrons. The monoisotopic (exact) mass is 438 g/mol. The van der Waals surface area contributed by atoms with Gasteiger partial charge in [-0.1, -0.05) is 6.07 Å². The maximum absolute atomic E-state index is 4.98. The fourth-order valence-electron chi connectivity index (χ4n) is 4.60. The molecule has 6 rings (SSSR count). The largest absolute Gasteiger partial charge is 0.376 e. The molecule has 0 spiro atoms. The van der Waals surface area contributed by atoms with Crippen molar-refractivity contribution in [2.45, 2.75) is 19.3 Å². The first kappa shape index (κ1) is 19.7. The normalized spacial score (nSPS) is 14.3. The van der Waals surface area contributed by atoms with Gasteiger partial charge in [0, 0.05) is 44.3 Å². The lowest BCUT2D eigenvalue weighted by Gasteiger charge is -2.28. The van der Waals surface area contributed by atoms with E-state index in [1.54, 1.807) is 0 Å². The van der Waals surface area contributed by atoms with E-state index in [1.165, 1.54) is 19.3 Å². The summed E-state index contributed by atoms with van der Waals surface area (Å²) in [6.45, 7) is 2.11. The number of aromatic nitrogens is 6. The lowest BCUT2D eigenvalue weighted by Crippen LogP contribution is -2.29. The smallest absolute Gasteiger partial charge is 0.159 e. The zero-order valence-electron chi connectivity index (χ0n) is 18.8. The number of aromatic amines is 2. The third-order valence-electron chi connectivity index (χ3n) is 6.43. The number of pyridine rings is 2. The van der Waals surface area contributed by atoms with E-state index in [2.05, 4.69) is 59.2 Å². The fourth-order valence-corrected chi connectivity index (χ4v) is 4.60. The molecule has 1 saturated heterocycles. The van der Waals surface area contributed by atoms with Crippen LogP contribution in [0.25, 0.3) is 44.6 Å². The van der Waals surface area contributed by atoms with E-state index < -0.39 is 0 Å². The van der Waals surface area contributed by atoms with Crippen LogP contribution in [0.5, 0.6) is 0 Å². The van der Waals surface area contributed by atoms with Crippen LogP contribution in [0.1, 0.15) is 19.3 Å². The van der Waals surface area contributed by atoms with E-state index in [0.29, 0.717) is 0 Å². The summed E-state index contributed by atoms with van der Waals surface area (Å²) in [5.41, 5.74) is 7.99. The van der Waals surface area contributed by atoms with Crippen molar-refractivity contribution in [3.8, 4) is 22.6 Å². The molecule has 0 bridgehead atoms. The van der Waals surface area contributed by atoms with Crippen molar-refractivity contribution < 1.29 is 0 Å². The van der Waals surface area contributed by atoms with Crippen molar-refractivity contribution in [3.05, 3.63) is 49.1 Å². The Morgan fingerprint density at radius 3 is 2.58 bits per heavy atom. The maximum atomic E-state index is 4.98. The Morgan fingerprint density at radius 1 is 0.879 bits per heavy atom. The summed E-state index contributed by atoms with van der Waals surface area (Å²) in [6.07, 6.45) is 11.3. The first-order chi connectivity index (χ1) is 16.2. The van der Waals surface area contributed by atoms with E-state index >= 15 is 0 Å². The van der Waals surface area contributed by atoms with E-state index in [0.717, 1.165) is 69.0 Å².